The third-order valence-corrected chi connectivity index (χ3v) is 6.68. The zero-order valence-electron chi connectivity index (χ0n) is 15.5. The van der Waals surface area contributed by atoms with Gasteiger partial charge in [-0.15, -0.1) is 0 Å². The van der Waals surface area contributed by atoms with Crippen LogP contribution in [0, 0.1) is 6.92 Å². The minimum atomic E-state index is -4.06. The van der Waals surface area contributed by atoms with Gasteiger partial charge in [-0.1, -0.05) is 41.5 Å². The Morgan fingerprint density at radius 3 is 1.96 bits per heavy atom. The van der Waals surface area contributed by atoms with Gasteiger partial charge in [0, 0.05) is 0 Å². The summed E-state index contributed by atoms with van der Waals surface area (Å²) in [4.78, 5) is 12.7. The van der Waals surface area contributed by atoms with E-state index in [9.17, 15) is 18.4 Å². The molecular formula is C19H27NO4S. The second-order valence-corrected chi connectivity index (χ2v) is 8.90. The number of rotatable bonds is 7. The molecule has 6 heteroatoms. The van der Waals surface area contributed by atoms with Gasteiger partial charge in [0.1, 0.15) is 0 Å². The van der Waals surface area contributed by atoms with Gasteiger partial charge in [-0.2, -0.15) is 0 Å². The number of sulfone groups is 1. The maximum Gasteiger partial charge on any atom is 0.265 e. The van der Waals surface area contributed by atoms with Gasteiger partial charge in [-0.3, -0.25) is 10.0 Å². The highest BCUT2D eigenvalue weighted by molar-refractivity contribution is 7.93. The molecule has 0 radical (unpaired) electrons. The van der Waals surface area contributed by atoms with Gasteiger partial charge in [0.05, 0.1) is 4.90 Å². The van der Waals surface area contributed by atoms with Gasteiger partial charge in [0.15, 0.2) is 14.6 Å². The van der Waals surface area contributed by atoms with E-state index in [1.54, 1.807) is 42.8 Å². The van der Waals surface area contributed by atoms with Crippen LogP contribution in [0.3, 0.4) is 0 Å². The van der Waals surface area contributed by atoms with Crippen LogP contribution in [0.5, 0.6) is 0 Å². The molecule has 1 aromatic carbocycles. The van der Waals surface area contributed by atoms with Gasteiger partial charge < -0.3 is 0 Å². The number of hydrogen-bond donors (Lipinski definition) is 2. The highest BCUT2D eigenvalue weighted by Crippen LogP contribution is 2.35. The summed E-state index contributed by atoms with van der Waals surface area (Å²) >= 11 is 0. The van der Waals surface area contributed by atoms with Crippen molar-refractivity contribution in [2.75, 3.05) is 0 Å². The number of carbonyl (C=O) groups is 1. The minimum Gasteiger partial charge on any atom is -0.289 e. The van der Waals surface area contributed by atoms with Crippen LogP contribution in [0.15, 0.2) is 52.5 Å². The van der Waals surface area contributed by atoms with E-state index in [1.165, 1.54) is 6.07 Å². The maximum absolute atomic E-state index is 13.5. The molecule has 0 saturated carbocycles. The van der Waals surface area contributed by atoms with Gasteiger partial charge in [-0.25, -0.2) is 13.9 Å². The Bertz CT molecular complexity index is 763. The average molecular weight is 365 g/mol. The van der Waals surface area contributed by atoms with Crippen LogP contribution in [0.4, 0.5) is 0 Å². The van der Waals surface area contributed by atoms with Crippen LogP contribution in [-0.2, 0) is 14.6 Å². The average Bonchev–Trinajstić information content (AvgIpc) is 2.54. The molecule has 1 rings (SSSR count). The molecule has 1 amide bonds. The van der Waals surface area contributed by atoms with Crippen molar-refractivity contribution in [1.29, 1.82) is 0 Å². The number of allylic oxidation sites excluding steroid dienone is 4. The predicted molar refractivity (Wildman–Crippen MR) is 99.1 cm³/mol. The Kier molecular flexibility index (Phi) is 7.14. The molecule has 25 heavy (non-hydrogen) atoms. The van der Waals surface area contributed by atoms with Crippen molar-refractivity contribution in [3.8, 4) is 0 Å². The van der Waals surface area contributed by atoms with E-state index in [-0.39, 0.29) is 17.7 Å². The highest BCUT2D eigenvalue weighted by Gasteiger charge is 2.50. The van der Waals surface area contributed by atoms with Gasteiger partial charge in [0.25, 0.3) is 5.91 Å². The summed E-state index contributed by atoms with van der Waals surface area (Å²) in [6.07, 6.45) is 3.37. The van der Waals surface area contributed by atoms with Crippen LogP contribution in [0.2, 0.25) is 0 Å². The number of aryl methyl sites for hydroxylation is 1. The van der Waals surface area contributed by atoms with Gasteiger partial charge in [-0.05, 0) is 59.1 Å². The van der Waals surface area contributed by atoms with E-state index < -0.39 is 20.5 Å². The van der Waals surface area contributed by atoms with Crippen molar-refractivity contribution in [1.82, 2.24) is 5.48 Å². The second-order valence-electron chi connectivity index (χ2n) is 6.68. The Hall–Kier alpha value is -1.92. The quantitative estimate of drug-likeness (QED) is 0.438. The largest absolute Gasteiger partial charge is 0.289 e. The molecule has 0 fully saturated rings. The van der Waals surface area contributed by atoms with Crippen LogP contribution >= 0.6 is 0 Å². The first-order valence-corrected chi connectivity index (χ1v) is 9.58. The van der Waals surface area contributed by atoms with Gasteiger partial charge in [0.2, 0.25) is 0 Å². The maximum atomic E-state index is 13.5. The fourth-order valence-corrected chi connectivity index (χ4v) is 4.58. The lowest BCUT2D eigenvalue weighted by Gasteiger charge is -2.30. The Morgan fingerprint density at radius 2 is 1.56 bits per heavy atom. The molecule has 0 unspecified atom stereocenters. The first-order chi connectivity index (χ1) is 11.6. The van der Waals surface area contributed by atoms with Crippen molar-refractivity contribution in [2.45, 2.75) is 57.1 Å². The summed E-state index contributed by atoms with van der Waals surface area (Å²) in [6, 6.07) is 6.56. The number of hydrogen-bond acceptors (Lipinski definition) is 4. The first-order valence-electron chi connectivity index (χ1n) is 8.10. The molecule has 0 aliphatic carbocycles. The van der Waals surface area contributed by atoms with Crippen molar-refractivity contribution in [2.24, 2.45) is 0 Å². The third kappa shape index (κ3) is 4.58. The third-order valence-electron chi connectivity index (χ3n) is 4.09. The monoisotopic (exact) mass is 365 g/mol. The SMILES string of the molecule is CC(C)=CCC(CC=C(C)C)(C(=O)NO)S(=O)(=O)c1ccccc1C. The van der Waals surface area contributed by atoms with E-state index in [2.05, 4.69) is 0 Å². The van der Waals surface area contributed by atoms with Crippen LogP contribution < -0.4 is 5.48 Å². The smallest absolute Gasteiger partial charge is 0.265 e. The lowest BCUT2D eigenvalue weighted by molar-refractivity contribution is -0.131. The van der Waals surface area contributed by atoms with E-state index in [4.69, 9.17) is 0 Å². The zero-order chi connectivity index (χ0) is 19.3. The molecule has 0 atom stereocenters. The lowest BCUT2D eigenvalue weighted by atomic mass is 9.96. The summed E-state index contributed by atoms with van der Waals surface area (Å²) in [7, 11) is -4.06. The standard InChI is InChI=1S/C19H27NO4S/c1-14(2)10-12-19(18(21)20-22,13-11-15(3)4)25(23,24)17-9-7-6-8-16(17)5/h6-11,22H,12-13H2,1-5H3,(H,20,21). The second kappa shape index (κ2) is 8.45. The van der Waals surface area contributed by atoms with E-state index in [1.807, 2.05) is 27.7 Å². The number of amides is 1. The van der Waals surface area contributed by atoms with E-state index in [0.29, 0.717) is 5.56 Å². The van der Waals surface area contributed by atoms with Gasteiger partial charge >= 0.3 is 0 Å². The van der Waals surface area contributed by atoms with Crippen LogP contribution in [0.25, 0.3) is 0 Å². The fourth-order valence-electron chi connectivity index (χ4n) is 2.52. The number of hydroxylamine groups is 1. The molecule has 1 aromatic rings. The molecule has 2 N–H and O–H groups in total. The van der Waals surface area contributed by atoms with Crippen molar-refractivity contribution in [3.05, 3.63) is 53.1 Å². The molecule has 0 heterocycles. The summed E-state index contributed by atoms with van der Waals surface area (Å²) in [5.74, 6) is -0.925. The summed E-state index contributed by atoms with van der Waals surface area (Å²) in [5.41, 5.74) is 3.93. The van der Waals surface area contributed by atoms with Crippen LogP contribution in [0.1, 0.15) is 46.1 Å². The van der Waals surface area contributed by atoms with Crippen molar-refractivity contribution >= 4 is 15.7 Å². The Balaban J connectivity index is 3.72. The molecular weight excluding hydrogens is 338 g/mol. The molecule has 5 nitrogen and oxygen atoms in total. The molecule has 0 aromatic heterocycles. The molecule has 0 spiro atoms. The zero-order valence-corrected chi connectivity index (χ0v) is 16.3. The van der Waals surface area contributed by atoms with E-state index >= 15 is 0 Å². The Morgan fingerprint density at radius 1 is 1.08 bits per heavy atom. The molecule has 0 bridgehead atoms. The highest BCUT2D eigenvalue weighted by atomic mass is 32.2. The van der Waals surface area contributed by atoms with Crippen molar-refractivity contribution in [3.63, 3.8) is 0 Å². The van der Waals surface area contributed by atoms with E-state index in [0.717, 1.165) is 11.1 Å². The predicted octanol–water partition coefficient (Wildman–Crippen LogP) is 3.73. The number of benzene rings is 1. The first kappa shape index (κ1) is 21.1. The fraction of sp³-hybridized carbons (Fsp3) is 0.421. The van der Waals surface area contributed by atoms with Crippen LogP contribution in [-0.4, -0.2) is 24.3 Å². The number of nitrogens with one attached hydrogen (secondary N) is 1. The molecule has 0 aliphatic rings. The summed E-state index contributed by atoms with van der Waals surface area (Å²) in [6.45, 7) is 9.04. The molecule has 0 saturated heterocycles. The lowest BCUT2D eigenvalue weighted by Crippen LogP contribution is -2.51. The summed E-state index contributed by atoms with van der Waals surface area (Å²) in [5, 5.41) is 9.28. The van der Waals surface area contributed by atoms with Crippen molar-refractivity contribution < 1.29 is 18.4 Å². The summed E-state index contributed by atoms with van der Waals surface area (Å²) < 4.78 is 25.1. The Labute approximate surface area is 150 Å². The molecule has 138 valence electrons. The molecule has 0 aliphatic heterocycles. The minimum absolute atomic E-state index is 0.0256. The topological polar surface area (TPSA) is 83.5 Å². The number of carbonyl (C=O) groups excluding carboxylic acids is 1. The normalized spacial score (nSPS) is 11.6.